The highest BCUT2D eigenvalue weighted by atomic mass is 16.3. The van der Waals surface area contributed by atoms with Crippen LogP contribution in [0, 0.1) is 22.7 Å². The molecule has 0 amide bonds. The highest BCUT2D eigenvalue weighted by molar-refractivity contribution is 5.59. The Kier molecular flexibility index (Phi) is 2.64. The van der Waals surface area contributed by atoms with Gasteiger partial charge in [0, 0.05) is 16.5 Å². The lowest BCUT2D eigenvalue weighted by molar-refractivity contribution is -0.0876. The predicted molar refractivity (Wildman–Crippen MR) is 87.0 cm³/mol. The van der Waals surface area contributed by atoms with Crippen molar-refractivity contribution < 1.29 is 4.42 Å². The number of allylic oxidation sites excluding steroid dienone is 1. The fraction of sp³-hybridized carbons (Fsp3) is 0.700. The lowest BCUT2D eigenvalue weighted by Crippen LogP contribution is -2.56. The summed E-state index contributed by atoms with van der Waals surface area (Å²) < 4.78 is 5.54. The van der Waals surface area contributed by atoms with E-state index >= 15 is 0 Å². The van der Waals surface area contributed by atoms with Crippen LogP contribution in [0.2, 0.25) is 0 Å². The molecule has 0 aliphatic heterocycles. The summed E-state index contributed by atoms with van der Waals surface area (Å²) in [6.45, 7) is 10.1. The number of furan rings is 1. The maximum absolute atomic E-state index is 5.54. The van der Waals surface area contributed by atoms with Gasteiger partial charge < -0.3 is 4.42 Å². The van der Waals surface area contributed by atoms with E-state index in [0.29, 0.717) is 16.7 Å². The summed E-state index contributed by atoms with van der Waals surface area (Å²) in [4.78, 5) is 0. The maximum Gasteiger partial charge on any atom is 0.0977 e. The third kappa shape index (κ3) is 1.64. The van der Waals surface area contributed by atoms with Crippen LogP contribution in [-0.2, 0) is 5.41 Å². The Labute approximate surface area is 128 Å². The molecule has 0 spiro atoms. The van der Waals surface area contributed by atoms with E-state index in [1.54, 1.807) is 0 Å². The van der Waals surface area contributed by atoms with Crippen LogP contribution in [0.1, 0.15) is 70.9 Å². The van der Waals surface area contributed by atoms with Crippen LogP contribution < -0.4 is 0 Å². The van der Waals surface area contributed by atoms with Crippen molar-refractivity contribution in [2.24, 2.45) is 22.7 Å². The summed E-state index contributed by atoms with van der Waals surface area (Å²) in [6, 6.07) is 0. The molecular formula is C20H28O. The fourth-order valence-corrected chi connectivity index (χ4v) is 6.42. The van der Waals surface area contributed by atoms with Gasteiger partial charge in [-0.25, -0.2) is 0 Å². The first kappa shape index (κ1) is 13.7. The summed E-state index contributed by atoms with van der Waals surface area (Å²) in [5.74, 6) is 1.52. The van der Waals surface area contributed by atoms with Crippen molar-refractivity contribution in [3.05, 3.63) is 29.7 Å². The summed E-state index contributed by atoms with van der Waals surface area (Å²) in [7, 11) is 0. The molecule has 0 N–H and O–H groups in total. The Morgan fingerprint density at radius 2 is 1.86 bits per heavy atom. The van der Waals surface area contributed by atoms with E-state index < -0.39 is 0 Å². The minimum atomic E-state index is 0.274. The van der Waals surface area contributed by atoms with Crippen LogP contribution in [0.5, 0.6) is 0 Å². The van der Waals surface area contributed by atoms with E-state index in [2.05, 4.69) is 39.8 Å². The molecule has 2 saturated carbocycles. The van der Waals surface area contributed by atoms with E-state index in [0.717, 1.165) is 5.92 Å². The van der Waals surface area contributed by atoms with Gasteiger partial charge in [0.05, 0.1) is 12.5 Å². The standard InChI is InChI=1S/C20H28O/c1-18(2)9-5-10-20(4)16(18)8-11-19(3)15-13-21-12-14(15)6-7-17(19)20/h6-7,12-13,16-17H,5,8-11H2,1-4H3/t16-,17-,19-,20-/m1/s1. The fourth-order valence-electron chi connectivity index (χ4n) is 6.42. The molecule has 0 unspecified atom stereocenters. The molecule has 1 aromatic heterocycles. The van der Waals surface area contributed by atoms with Crippen LogP contribution >= 0.6 is 0 Å². The largest absolute Gasteiger partial charge is 0.472 e. The molecule has 0 saturated heterocycles. The van der Waals surface area contributed by atoms with Gasteiger partial charge in [0.2, 0.25) is 0 Å². The monoisotopic (exact) mass is 284 g/mol. The van der Waals surface area contributed by atoms with Crippen molar-refractivity contribution in [3.63, 3.8) is 0 Å². The number of fused-ring (bicyclic) bond motifs is 5. The molecule has 1 heteroatoms. The zero-order valence-corrected chi connectivity index (χ0v) is 13.9. The van der Waals surface area contributed by atoms with E-state index in [-0.39, 0.29) is 5.41 Å². The maximum atomic E-state index is 5.54. The molecule has 0 radical (unpaired) electrons. The lowest BCUT2D eigenvalue weighted by atomic mass is 9.42. The molecule has 21 heavy (non-hydrogen) atoms. The van der Waals surface area contributed by atoms with Crippen LogP contribution in [0.15, 0.2) is 23.0 Å². The molecule has 3 aliphatic carbocycles. The minimum Gasteiger partial charge on any atom is -0.472 e. The Morgan fingerprint density at radius 1 is 1.05 bits per heavy atom. The van der Waals surface area contributed by atoms with Crippen LogP contribution in [0.3, 0.4) is 0 Å². The third-order valence-corrected chi connectivity index (χ3v) is 7.40. The topological polar surface area (TPSA) is 13.1 Å². The van der Waals surface area contributed by atoms with Crippen molar-refractivity contribution in [1.29, 1.82) is 0 Å². The smallest absolute Gasteiger partial charge is 0.0977 e. The molecule has 1 nitrogen and oxygen atoms in total. The second-order valence-corrected chi connectivity index (χ2v) is 8.93. The van der Waals surface area contributed by atoms with Crippen LogP contribution in [0.4, 0.5) is 0 Å². The van der Waals surface area contributed by atoms with Gasteiger partial charge in [-0.2, -0.15) is 0 Å². The van der Waals surface area contributed by atoms with Crippen LogP contribution in [0.25, 0.3) is 6.08 Å². The molecule has 0 bridgehead atoms. The zero-order valence-electron chi connectivity index (χ0n) is 13.9. The summed E-state index contributed by atoms with van der Waals surface area (Å²) in [5, 5.41) is 0. The van der Waals surface area contributed by atoms with Crippen molar-refractivity contribution in [3.8, 4) is 0 Å². The molecule has 2 fully saturated rings. The molecule has 0 aromatic carbocycles. The van der Waals surface area contributed by atoms with Gasteiger partial charge in [-0.05, 0) is 48.3 Å². The summed E-state index contributed by atoms with van der Waals surface area (Å²) in [5.41, 5.74) is 3.98. The van der Waals surface area contributed by atoms with Crippen molar-refractivity contribution in [2.45, 2.75) is 65.2 Å². The second-order valence-electron chi connectivity index (χ2n) is 8.93. The average Bonchev–Trinajstić information content (AvgIpc) is 2.86. The average molecular weight is 284 g/mol. The van der Waals surface area contributed by atoms with Gasteiger partial charge in [0.15, 0.2) is 0 Å². The highest BCUT2D eigenvalue weighted by Crippen LogP contribution is 2.66. The van der Waals surface area contributed by atoms with E-state index in [9.17, 15) is 0 Å². The SMILES string of the molecule is CC1(C)CCC[C@]2(C)[C@@H]1CC[C@]1(C)c3cocc3C=C[C@@H]21. The van der Waals surface area contributed by atoms with E-state index in [1.807, 2.05) is 12.5 Å². The van der Waals surface area contributed by atoms with Crippen molar-refractivity contribution in [2.75, 3.05) is 0 Å². The first-order chi connectivity index (χ1) is 9.88. The molecular weight excluding hydrogens is 256 g/mol. The number of hydrogen-bond donors (Lipinski definition) is 0. The molecule has 114 valence electrons. The van der Waals surface area contributed by atoms with E-state index in [4.69, 9.17) is 4.42 Å². The molecule has 4 rings (SSSR count). The first-order valence-corrected chi connectivity index (χ1v) is 8.63. The third-order valence-electron chi connectivity index (χ3n) is 7.40. The normalized spacial score (nSPS) is 43.8. The Hall–Kier alpha value is -0.980. The van der Waals surface area contributed by atoms with Crippen LogP contribution in [-0.4, -0.2) is 0 Å². The molecule has 3 aliphatic rings. The van der Waals surface area contributed by atoms with Gasteiger partial charge in [-0.15, -0.1) is 0 Å². The Balaban J connectivity index is 1.83. The molecule has 1 heterocycles. The number of rotatable bonds is 0. The minimum absolute atomic E-state index is 0.274. The quantitative estimate of drug-likeness (QED) is 0.586. The Bertz CT molecular complexity index is 593. The van der Waals surface area contributed by atoms with E-state index in [1.165, 1.54) is 43.2 Å². The van der Waals surface area contributed by atoms with Crippen molar-refractivity contribution >= 4 is 6.08 Å². The van der Waals surface area contributed by atoms with Gasteiger partial charge in [0.25, 0.3) is 0 Å². The first-order valence-electron chi connectivity index (χ1n) is 8.63. The Morgan fingerprint density at radius 3 is 2.67 bits per heavy atom. The molecule has 4 atom stereocenters. The van der Waals surface area contributed by atoms with Crippen molar-refractivity contribution in [1.82, 2.24) is 0 Å². The highest BCUT2D eigenvalue weighted by Gasteiger charge is 2.58. The predicted octanol–water partition coefficient (Wildman–Crippen LogP) is 5.81. The second kappa shape index (κ2) is 4.06. The zero-order chi connectivity index (χ0) is 14.9. The summed E-state index contributed by atoms with van der Waals surface area (Å²) >= 11 is 0. The summed E-state index contributed by atoms with van der Waals surface area (Å²) in [6.07, 6.45) is 15.6. The number of hydrogen-bond acceptors (Lipinski definition) is 1. The van der Waals surface area contributed by atoms with Gasteiger partial charge in [0.1, 0.15) is 0 Å². The van der Waals surface area contributed by atoms with Gasteiger partial charge >= 0.3 is 0 Å². The van der Waals surface area contributed by atoms with Gasteiger partial charge in [-0.1, -0.05) is 46.3 Å². The molecule has 1 aromatic rings. The lowest BCUT2D eigenvalue weighted by Gasteiger charge is -2.62. The van der Waals surface area contributed by atoms with Gasteiger partial charge in [-0.3, -0.25) is 0 Å².